The first-order chi connectivity index (χ1) is 7.16. The molecule has 0 bridgehead atoms. The zero-order valence-corrected chi connectivity index (χ0v) is 9.48. The molecule has 0 aliphatic heterocycles. The molecule has 1 aromatic rings. The fraction of sp³-hybridized carbons (Fsp3) is 0.538. The van der Waals surface area contributed by atoms with E-state index in [0.717, 1.165) is 24.0 Å². The molecular formula is C13H20O2. The second-order valence-corrected chi connectivity index (χ2v) is 4.01. The lowest BCUT2D eigenvalue weighted by molar-refractivity contribution is 0.0119. The third-order valence-corrected chi connectivity index (χ3v) is 2.73. The number of unbranched alkanes of at least 4 members (excludes halogenated alkanes) is 1. The second kappa shape index (κ2) is 5.89. The molecule has 1 rings (SSSR count). The van der Waals surface area contributed by atoms with Crippen molar-refractivity contribution in [3.05, 3.63) is 35.4 Å². The van der Waals surface area contributed by atoms with Gasteiger partial charge in [-0.05, 0) is 24.5 Å². The fourth-order valence-electron chi connectivity index (χ4n) is 1.70. The topological polar surface area (TPSA) is 40.5 Å². The predicted octanol–water partition coefficient (Wildman–Crippen LogP) is 2.58. The van der Waals surface area contributed by atoms with Gasteiger partial charge in [-0.1, -0.05) is 44.0 Å². The molecular weight excluding hydrogens is 188 g/mol. The predicted molar refractivity (Wildman–Crippen MR) is 61.7 cm³/mol. The standard InChI is InChI=1S/C13H20O2/c1-3-4-9-12(14)13(15)11-8-6-5-7-10(11)2/h5-8,12-15H,3-4,9H2,1-2H3. The number of aryl methyl sites for hydroxylation is 1. The summed E-state index contributed by atoms with van der Waals surface area (Å²) in [6, 6.07) is 7.64. The summed E-state index contributed by atoms with van der Waals surface area (Å²) in [6.07, 6.45) is 1.25. The molecule has 0 saturated carbocycles. The molecule has 2 atom stereocenters. The SMILES string of the molecule is CCCCC(O)C(O)c1ccccc1C. The maximum absolute atomic E-state index is 9.95. The fourth-order valence-corrected chi connectivity index (χ4v) is 1.70. The summed E-state index contributed by atoms with van der Waals surface area (Å²) in [4.78, 5) is 0. The molecule has 0 saturated heterocycles. The van der Waals surface area contributed by atoms with Crippen LogP contribution < -0.4 is 0 Å². The summed E-state index contributed by atoms with van der Waals surface area (Å²) in [7, 11) is 0. The molecule has 0 heterocycles. The summed E-state index contributed by atoms with van der Waals surface area (Å²) in [5.74, 6) is 0. The number of hydrogen-bond acceptors (Lipinski definition) is 2. The summed E-state index contributed by atoms with van der Waals surface area (Å²) >= 11 is 0. The molecule has 84 valence electrons. The van der Waals surface area contributed by atoms with E-state index in [1.165, 1.54) is 0 Å². The minimum atomic E-state index is -0.752. The molecule has 1 aromatic carbocycles. The van der Waals surface area contributed by atoms with Gasteiger partial charge < -0.3 is 10.2 Å². The smallest absolute Gasteiger partial charge is 0.105 e. The minimum Gasteiger partial charge on any atom is -0.390 e. The molecule has 2 nitrogen and oxygen atoms in total. The highest BCUT2D eigenvalue weighted by Crippen LogP contribution is 2.23. The van der Waals surface area contributed by atoms with Gasteiger partial charge in [-0.3, -0.25) is 0 Å². The van der Waals surface area contributed by atoms with Crippen LogP contribution in [0, 0.1) is 6.92 Å². The molecule has 2 N–H and O–H groups in total. The van der Waals surface area contributed by atoms with Gasteiger partial charge in [0, 0.05) is 0 Å². The van der Waals surface area contributed by atoms with Crippen LogP contribution in [0.5, 0.6) is 0 Å². The molecule has 0 radical (unpaired) electrons. The highest BCUT2D eigenvalue weighted by atomic mass is 16.3. The monoisotopic (exact) mass is 208 g/mol. The van der Waals surface area contributed by atoms with Crippen molar-refractivity contribution in [3.8, 4) is 0 Å². The van der Waals surface area contributed by atoms with Crippen molar-refractivity contribution in [3.63, 3.8) is 0 Å². The van der Waals surface area contributed by atoms with Gasteiger partial charge in [-0.25, -0.2) is 0 Å². The lowest BCUT2D eigenvalue weighted by Crippen LogP contribution is -2.18. The van der Waals surface area contributed by atoms with E-state index >= 15 is 0 Å². The van der Waals surface area contributed by atoms with E-state index in [9.17, 15) is 10.2 Å². The Kier molecular flexibility index (Phi) is 4.79. The van der Waals surface area contributed by atoms with Crippen molar-refractivity contribution in [2.45, 2.75) is 45.3 Å². The number of aliphatic hydroxyl groups excluding tert-OH is 2. The van der Waals surface area contributed by atoms with Gasteiger partial charge in [0.15, 0.2) is 0 Å². The Morgan fingerprint density at radius 3 is 2.47 bits per heavy atom. The minimum absolute atomic E-state index is 0.647. The summed E-state index contributed by atoms with van der Waals surface area (Å²) < 4.78 is 0. The first kappa shape index (κ1) is 12.2. The maximum Gasteiger partial charge on any atom is 0.105 e. The lowest BCUT2D eigenvalue weighted by atomic mass is 9.97. The van der Waals surface area contributed by atoms with Crippen LogP contribution in [-0.4, -0.2) is 16.3 Å². The van der Waals surface area contributed by atoms with Crippen molar-refractivity contribution < 1.29 is 10.2 Å². The molecule has 0 fully saturated rings. The normalized spacial score (nSPS) is 14.9. The molecule has 2 unspecified atom stereocenters. The van der Waals surface area contributed by atoms with E-state index in [1.54, 1.807) is 0 Å². The van der Waals surface area contributed by atoms with E-state index < -0.39 is 12.2 Å². The third kappa shape index (κ3) is 3.33. The van der Waals surface area contributed by atoms with E-state index in [-0.39, 0.29) is 0 Å². The highest BCUT2D eigenvalue weighted by molar-refractivity contribution is 5.28. The molecule has 0 spiro atoms. The number of rotatable bonds is 5. The van der Waals surface area contributed by atoms with Crippen LogP contribution in [0.1, 0.15) is 43.4 Å². The average Bonchev–Trinajstić information content (AvgIpc) is 2.25. The molecule has 15 heavy (non-hydrogen) atoms. The van der Waals surface area contributed by atoms with E-state index in [2.05, 4.69) is 6.92 Å². The van der Waals surface area contributed by atoms with Crippen LogP contribution in [0.3, 0.4) is 0 Å². The van der Waals surface area contributed by atoms with Gasteiger partial charge in [-0.2, -0.15) is 0 Å². The van der Waals surface area contributed by atoms with Crippen molar-refractivity contribution >= 4 is 0 Å². The Bertz CT molecular complexity index is 296. The van der Waals surface area contributed by atoms with Crippen LogP contribution in [0.4, 0.5) is 0 Å². The van der Waals surface area contributed by atoms with Crippen molar-refractivity contribution in [2.24, 2.45) is 0 Å². The third-order valence-electron chi connectivity index (χ3n) is 2.73. The summed E-state index contributed by atoms with van der Waals surface area (Å²) in [6.45, 7) is 4.03. The van der Waals surface area contributed by atoms with Gasteiger partial charge in [0.25, 0.3) is 0 Å². The first-order valence-corrected chi connectivity index (χ1v) is 5.58. The first-order valence-electron chi connectivity index (χ1n) is 5.58. The van der Waals surface area contributed by atoms with Crippen molar-refractivity contribution in [1.29, 1.82) is 0 Å². The molecule has 0 aliphatic carbocycles. The van der Waals surface area contributed by atoms with Crippen LogP contribution >= 0.6 is 0 Å². The molecule has 0 amide bonds. The molecule has 2 heteroatoms. The number of benzene rings is 1. The van der Waals surface area contributed by atoms with Gasteiger partial charge in [0.1, 0.15) is 6.10 Å². The Morgan fingerprint density at radius 2 is 1.87 bits per heavy atom. The van der Waals surface area contributed by atoms with Crippen LogP contribution in [-0.2, 0) is 0 Å². The second-order valence-electron chi connectivity index (χ2n) is 4.01. The zero-order valence-electron chi connectivity index (χ0n) is 9.48. The zero-order chi connectivity index (χ0) is 11.3. The molecule has 0 aromatic heterocycles. The summed E-state index contributed by atoms with van der Waals surface area (Å²) in [5, 5.41) is 19.7. The Balaban J connectivity index is 2.67. The molecule has 0 aliphatic rings. The van der Waals surface area contributed by atoms with Gasteiger partial charge in [0.2, 0.25) is 0 Å². The van der Waals surface area contributed by atoms with Crippen LogP contribution in [0.15, 0.2) is 24.3 Å². The quantitative estimate of drug-likeness (QED) is 0.780. The Morgan fingerprint density at radius 1 is 1.20 bits per heavy atom. The Hall–Kier alpha value is -0.860. The largest absolute Gasteiger partial charge is 0.390 e. The number of hydrogen-bond donors (Lipinski definition) is 2. The maximum atomic E-state index is 9.95. The Labute approximate surface area is 91.6 Å². The number of aliphatic hydroxyl groups is 2. The van der Waals surface area contributed by atoms with Crippen molar-refractivity contribution in [1.82, 2.24) is 0 Å². The highest BCUT2D eigenvalue weighted by Gasteiger charge is 2.18. The van der Waals surface area contributed by atoms with Crippen LogP contribution in [0.25, 0.3) is 0 Å². The van der Waals surface area contributed by atoms with E-state index in [0.29, 0.717) is 6.42 Å². The lowest BCUT2D eigenvalue weighted by Gasteiger charge is -2.19. The van der Waals surface area contributed by atoms with Gasteiger partial charge >= 0.3 is 0 Å². The van der Waals surface area contributed by atoms with Crippen LogP contribution in [0.2, 0.25) is 0 Å². The van der Waals surface area contributed by atoms with E-state index in [4.69, 9.17) is 0 Å². The van der Waals surface area contributed by atoms with Crippen molar-refractivity contribution in [2.75, 3.05) is 0 Å². The summed E-state index contributed by atoms with van der Waals surface area (Å²) in [5.41, 5.74) is 1.86. The van der Waals surface area contributed by atoms with E-state index in [1.807, 2.05) is 31.2 Å². The average molecular weight is 208 g/mol. The van der Waals surface area contributed by atoms with Gasteiger partial charge in [-0.15, -0.1) is 0 Å². The van der Waals surface area contributed by atoms with Gasteiger partial charge in [0.05, 0.1) is 6.10 Å².